The van der Waals surface area contributed by atoms with Crippen LogP contribution in [0.2, 0.25) is 0 Å². The molecule has 0 aliphatic carbocycles. The van der Waals surface area contributed by atoms with E-state index in [9.17, 15) is 4.39 Å². The van der Waals surface area contributed by atoms with E-state index in [1.807, 2.05) is 20.0 Å². The lowest BCUT2D eigenvalue weighted by atomic mass is 10.1. The maximum Gasteiger partial charge on any atom is 0.123 e. The van der Waals surface area contributed by atoms with Gasteiger partial charge in [0.2, 0.25) is 0 Å². The number of nitrogens with one attached hydrogen (secondary N) is 1. The Morgan fingerprint density at radius 1 is 1.38 bits per heavy atom. The summed E-state index contributed by atoms with van der Waals surface area (Å²) in [5.41, 5.74) is 2.23. The second kappa shape index (κ2) is 6.61. The summed E-state index contributed by atoms with van der Waals surface area (Å²) in [4.78, 5) is 2.26. The molecule has 1 aromatic rings. The molecule has 0 aliphatic rings. The Hall–Kier alpha value is -0.930. The molecule has 0 unspecified atom stereocenters. The summed E-state index contributed by atoms with van der Waals surface area (Å²) in [6.45, 7) is 4.93. The molecule has 0 bridgehead atoms. The average Bonchev–Trinajstić information content (AvgIpc) is 2.23. The van der Waals surface area contributed by atoms with Crippen molar-refractivity contribution in [3.63, 3.8) is 0 Å². The van der Waals surface area contributed by atoms with Crippen LogP contribution in [0.3, 0.4) is 0 Å². The summed E-state index contributed by atoms with van der Waals surface area (Å²) in [6, 6.07) is 5.00. The van der Waals surface area contributed by atoms with Crippen LogP contribution in [0.4, 0.5) is 4.39 Å². The standard InChI is InChI=1S/C13H21FN2/c1-11-9-13(14)6-5-12(11)10-16(3)8-4-7-15-2/h5-6,9,15H,4,7-8,10H2,1-3H3. The Kier molecular flexibility index (Phi) is 5.43. The van der Waals surface area contributed by atoms with Gasteiger partial charge in [-0.1, -0.05) is 6.07 Å². The van der Waals surface area contributed by atoms with Crippen LogP contribution < -0.4 is 5.32 Å². The SMILES string of the molecule is CNCCCN(C)Cc1ccc(F)cc1C. The van der Waals surface area contributed by atoms with Crippen LogP contribution in [0.5, 0.6) is 0 Å². The van der Waals surface area contributed by atoms with Gasteiger partial charge in [-0.15, -0.1) is 0 Å². The Labute approximate surface area is 97.5 Å². The largest absolute Gasteiger partial charge is 0.320 e. The van der Waals surface area contributed by atoms with E-state index in [1.54, 1.807) is 6.07 Å². The number of hydrogen-bond donors (Lipinski definition) is 1. The van der Waals surface area contributed by atoms with E-state index >= 15 is 0 Å². The van der Waals surface area contributed by atoms with Crippen molar-refractivity contribution in [3.8, 4) is 0 Å². The molecule has 1 aromatic carbocycles. The molecular weight excluding hydrogens is 203 g/mol. The molecule has 0 saturated heterocycles. The van der Waals surface area contributed by atoms with Crippen molar-refractivity contribution < 1.29 is 4.39 Å². The average molecular weight is 224 g/mol. The van der Waals surface area contributed by atoms with Crippen LogP contribution in [0.1, 0.15) is 17.5 Å². The number of aryl methyl sites for hydroxylation is 1. The summed E-state index contributed by atoms with van der Waals surface area (Å²) in [5.74, 6) is -0.154. The van der Waals surface area contributed by atoms with Crippen LogP contribution in [-0.2, 0) is 6.54 Å². The summed E-state index contributed by atoms with van der Waals surface area (Å²) < 4.78 is 12.9. The first kappa shape index (κ1) is 13.1. The van der Waals surface area contributed by atoms with Gasteiger partial charge in [-0.05, 0) is 63.8 Å². The van der Waals surface area contributed by atoms with Crippen LogP contribution in [-0.4, -0.2) is 32.1 Å². The van der Waals surface area contributed by atoms with E-state index in [-0.39, 0.29) is 5.82 Å². The van der Waals surface area contributed by atoms with Gasteiger partial charge in [-0.2, -0.15) is 0 Å². The maximum absolute atomic E-state index is 12.9. The van der Waals surface area contributed by atoms with E-state index in [2.05, 4.69) is 17.3 Å². The molecule has 0 radical (unpaired) electrons. The highest BCUT2D eigenvalue weighted by molar-refractivity contribution is 5.26. The normalized spacial score (nSPS) is 11.1. The summed E-state index contributed by atoms with van der Waals surface area (Å²) in [6.07, 6.45) is 1.13. The van der Waals surface area contributed by atoms with E-state index in [1.165, 1.54) is 11.6 Å². The second-order valence-electron chi connectivity index (χ2n) is 4.27. The molecule has 0 fully saturated rings. The highest BCUT2D eigenvalue weighted by Crippen LogP contribution is 2.12. The lowest BCUT2D eigenvalue weighted by Crippen LogP contribution is -2.22. The molecule has 0 heterocycles. The Balaban J connectivity index is 2.46. The predicted octanol–water partition coefficient (Wildman–Crippen LogP) is 2.18. The van der Waals surface area contributed by atoms with Gasteiger partial charge in [0.25, 0.3) is 0 Å². The fourth-order valence-corrected chi connectivity index (χ4v) is 1.73. The first-order valence-corrected chi connectivity index (χ1v) is 5.71. The third-order valence-corrected chi connectivity index (χ3v) is 2.71. The van der Waals surface area contributed by atoms with Crippen LogP contribution >= 0.6 is 0 Å². The number of hydrogen-bond acceptors (Lipinski definition) is 2. The van der Waals surface area contributed by atoms with Gasteiger partial charge < -0.3 is 10.2 Å². The lowest BCUT2D eigenvalue weighted by molar-refractivity contribution is 0.320. The number of rotatable bonds is 6. The third kappa shape index (κ3) is 4.29. The summed E-state index contributed by atoms with van der Waals surface area (Å²) in [5, 5.41) is 3.13. The van der Waals surface area contributed by atoms with Crippen molar-refractivity contribution in [2.24, 2.45) is 0 Å². The molecule has 1 rings (SSSR count). The fourth-order valence-electron chi connectivity index (χ4n) is 1.73. The molecule has 0 amide bonds. The number of halogens is 1. The van der Waals surface area contributed by atoms with Crippen LogP contribution in [0.25, 0.3) is 0 Å². The fraction of sp³-hybridized carbons (Fsp3) is 0.538. The quantitative estimate of drug-likeness (QED) is 0.745. The van der Waals surface area contributed by atoms with Crippen molar-refractivity contribution in [2.45, 2.75) is 19.9 Å². The Morgan fingerprint density at radius 3 is 2.75 bits per heavy atom. The van der Waals surface area contributed by atoms with Crippen molar-refractivity contribution in [1.29, 1.82) is 0 Å². The van der Waals surface area contributed by atoms with Crippen molar-refractivity contribution >= 4 is 0 Å². The van der Waals surface area contributed by atoms with Gasteiger partial charge in [0.1, 0.15) is 5.82 Å². The molecule has 1 N–H and O–H groups in total. The molecule has 16 heavy (non-hydrogen) atoms. The second-order valence-corrected chi connectivity index (χ2v) is 4.27. The Bertz CT molecular complexity index is 326. The van der Waals surface area contributed by atoms with Gasteiger partial charge in [-0.3, -0.25) is 0 Å². The Morgan fingerprint density at radius 2 is 2.12 bits per heavy atom. The topological polar surface area (TPSA) is 15.3 Å². The number of nitrogens with zero attached hydrogens (tertiary/aromatic N) is 1. The lowest BCUT2D eigenvalue weighted by Gasteiger charge is -2.17. The highest BCUT2D eigenvalue weighted by Gasteiger charge is 2.03. The third-order valence-electron chi connectivity index (χ3n) is 2.71. The van der Waals surface area contributed by atoms with E-state index in [0.717, 1.165) is 31.6 Å². The smallest absolute Gasteiger partial charge is 0.123 e. The first-order chi connectivity index (χ1) is 7.63. The van der Waals surface area contributed by atoms with Crippen molar-refractivity contribution in [1.82, 2.24) is 10.2 Å². The summed E-state index contributed by atoms with van der Waals surface area (Å²) >= 11 is 0. The predicted molar refractivity (Wildman–Crippen MR) is 66.0 cm³/mol. The molecule has 0 spiro atoms. The molecule has 3 heteroatoms. The minimum Gasteiger partial charge on any atom is -0.320 e. The van der Waals surface area contributed by atoms with E-state index < -0.39 is 0 Å². The van der Waals surface area contributed by atoms with Gasteiger partial charge in [0, 0.05) is 6.54 Å². The minimum absolute atomic E-state index is 0.154. The molecular formula is C13H21FN2. The zero-order valence-corrected chi connectivity index (χ0v) is 10.4. The van der Waals surface area contributed by atoms with Gasteiger partial charge in [0.05, 0.1) is 0 Å². The number of benzene rings is 1. The summed E-state index contributed by atoms with van der Waals surface area (Å²) in [7, 11) is 4.06. The molecule has 90 valence electrons. The van der Waals surface area contributed by atoms with Crippen molar-refractivity contribution in [3.05, 3.63) is 35.1 Å². The molecule has 0 aromatic heterocycles. The van der Waals surface area contributed by atoms with Gasteiger partial charge >= 0.3 is 0 Å². The molecule has 2 nitrogen and oxygen atoms in total. The monoisotopic (exact) mass is 224 g/mol. The molecule has 0 saturated carbocycles. The van der Waals surface area contributed by atoms with E-state index in [0.29, 0.717) is 0 Å². The van der Waals surface area contributed by atoms with Gasteiger partial charge in [-0.25, -0.2) is 4.39 Å². The minimum atomic E-state index is -0.154. The maximum atomic E-state index is 12.9. The van der Waals surface area contributed by atoms with Crippen LogP contribution in [0.15, 0.2) is 18.2 Å². The highest BCUT2D eigenvalue weighted by atomic mass is 19.1. The molecule has 0 atom stereocenters. The van der Waals surface area contributed by atoms with Crippen LogP contribution in [0, 0.1) is 12.7 Å². The van der Waals surface area contributed by atoms with E-state index in [4.69, 9.17) is 0 Å². The molecule has 0 aliphatic heterocycles. The van der Waals surface area contributed by atoms with Gasteiger partial charge in [0.15, 0.2) is 0 Å². The zero-order valence-electron chi connectivity index (χ0n) is 10.4. The zero-order chi connectivity index (χ0) is 12.0. The van der Waals surface area contributed by atoms with Crippen molar-refractivity contribution in [2.75, 3.05) is 27.2 Å². The first-order valence-electron chi connectivity index (χ1n) is 5.71.